The normalized spacial score (nSPS) is 21.3. The van der Waals surface area contributed by atoms with Crippen molar-refractivity contribution in [3.63, 3.8) is 0 Å². The van der Waals surface area contributed by atoms with Crippen molar-refractivity contribution >= 4 is 17.3 Å². The van der Waals surface area contributed by atoms with Crippen LogP contribution in [0.1, 0.15) is 31.4 Å². The summed E-state index contributed by atoms with van der Waals surface area (Å²) in [5, 5.41) is 9.72. The molecule has 0 spiro atoms. The van der Waals surface area contributed by atoms with E-state index in [4.69, 9.17) is 22.4 Å². The average Bonchev–Trinajstić information content (AvgIpc) is 2.77. The number of benzene rings is 1. The van der Waals surface area contributed by atoms with Crippen molar-refractivity contribution in [2.45, 2.75) is 25.8 Å². The largest absolute Gasteiger partial charge is 0.396 e. The number of hydrogen-bond donors (Lipinski definition) is 2. The second-order valence-corrected chi connectivity index (χ2v) is 5.51. The zero-order chi connectivity index (χ0) is 13.1. The van der Waals surface area contributed by atoms with Crippen LogP contribution in [0.2, 0.25) is 5.02 Å². The molecule has 0 aliphatic carbocycles. The topological polar surface area (TPSA) is 49.5 Å². The summed E-state index contributed by atoms with van der Waals surface area (Å²) in [6.07, 6.45) is 2.04. The van der Waals surface area contributed by atoms with Crippen LogP contribution in [-0.2, 0) is 0 Å². The first-order chi connectivity index (χ1) is 8.61. The third-order valence-electron chi connectivity index (χ3n) is 3.66. The Kier molecular flexibility index (Phi) is 4.49. The van der Waals surface area contributed by atoms with E-state index in [0.717, 1.165) is 42.2 Å². The highest BCUT2D eigenvalue weighted by atomic mass is 35.5. The first kappa shape index (κ1) is 13.7. The zero-order valence-corrected chi connectivity index (χ0v) is 11.5. The number of anilines is 1. The van der Waals surface area contributed by atoms with E-state index in [1.165, 1.54) is 0 Å². The molecule has 4 heteroatoms. The number of hydrogen-bond acceptors (Lipinski definition) is 3. The maximum Gasteiger partial charge on any atom is 0.0474 e. The molecule has 1 heterocycles. The van der Waals surface area contributed by atoms with Gasteiger partial charge in [0.05, 0.1) is 0 Å². The Bertz CT molecular complexity index is 409. The lowest BCUT2D eigenvalue weighted by Gasteiger charge is -2.20. The molecule has 1 aromatic rings. The molecule has 1 aliphatic heterocycles. The third-order valence-corrected chi connectivity index (χ3v) is 3.99. The first-order valence-corrected chi connectivity index (χ1v) is 6.90. The Balaban J connectivity index is 2.09. The monoisotopic (exact) mass is 268 g/mol. The van der Waals surface area contributed by atoms with E-state index in [1.807, 2.05) is 19.1 Å². The van der Waals surface area contributed by atoms with Gasteiger partial charge < -0.3 is 15.7 Å². The van der Waals surface area contributed by atoms with Crippen LogP contribution in [0.4, 0.5) is 5.69 Å². The number of nitrogens with zero attached hydrogens (tertiary/aromatic N) is 1. The highest BCUT2D eigenvalue weighted by Crippen LogP contribution is 2.30. The molecule has 1 aromatic carbocycles. The predicted octanol–water partition coefficient (Wildman–Crippen LogP) is 2.57. The van der Waals surface area contributed by atoms with E-state index in [9.17, 15) is 0 Å². The van der Waals surface area contributed by atoms with Gasteiger partial charge in [0.2, 0.25) is 0 Å². The molecule has 18 heavy (non-hydrogen) atoms. The molecule has 3 N–H and O–H groups in total. The van der Waals surface area contributed by atoms with Crippen molar-refractivity contribution in [3.05, 3.63) is 28.8 Å². The van der Waals surface area contributed by atoms with Gasteiger partial charge in [-0.25, -0.2) is 0 Å². The molecule has 0 saturated carbocycles. The second-order valence-electron chi connectivity index (χ2n) is 5.11. The van der Waals surface area contributed by atoms with Crippen LogP contribution in [0.3, 0.4) is 0 Å². The van der Waals surface area contributed by atoms with E-state index in [-0.39, 0.29) is 12.6 Å². The summed E-state index contributed by atoms with van der Waals surface area (Å²) in [6, 6.07) is 6.07. The summed E-state index contributed by atoms with van der Waals surface area (Å²) in [5.74, 6) is 0.599. The zero-order valence-electron chi connectivity index (χ0n) is 10.8. The van der Waals surface area contributed by atoms with Gasteiger partial charge in [-0.3, -0.25) is 0 Å². The highest BCUT2D eigenvalue weighted by molar-refractivity contribution is 6.31. The van der Waals surface area contributed by atoms with Gasteiger partial charge in [-0.1, -0.05) is 17.7 Å². The van der Waals surface area contributed by atoms with Gasteiger partial charge in [-0.15, -0.1) is 0 Å². The summed E-state index contributed by atoms with van der Waals surface area (Å²) >= 11 is 6.25. The van der Waals surface area contributed by atoms with Crippen LogP contribution in [0.5, 0.6) is 0 Å². The lowest BCUT2D eigenvalue weighted by molar-refractivity contribution is 0.263. The van der Waals surface area contributed by atoms with Crippen LogP contribution in [-0.4, -0.2) is 24.8 Å². The van der Waals surface area contributed by atoms with E-state index >= 15 is 0 Å². The molecular formula is C14H21ClN2O. The van der Waals surface area contributed by atoms with E-state index in [0.29, 0.717) is 5.92 Å². The Hall–Kier alpha value is -0.770. The minimum absolute atomic E-state index is 0.0349. The number of halogens is 1. The van der Waals surface area contributed by atoms with Gasteiger partial charge >= 0.3 is 0 Å². The van der Waals surface area contributed by atoms with Gasteiger partial charge in [-0.2, -0.15) is 0 Å². The highest BCUT2D eigenvalue weighted by Gasteiger charge is 2.22. The molecule has 2 atom stereocenters. The Morgan fingerprint density at radius 3 is 2.94 bits per heavy atom. The van der Waals surface area contributed by atoms with Gasteiger partial charge in [0, 0.05) is 36.4 Å². The molecule has 1 saturated heterocycles. The number of aliphatic hydroxyl groups excluding tert-OH is 1. The molecule has 0 radical (unpaired) electrons. The fourth-order valence-electron chi connectivity index (χ4n) is 2.57. The molecule has 3 nitrogen and oxygen atoms in total. The molecule has 0 amide bonds. The molecule has 2 rings (SSSR count). The van der Waals surface area contributed by atoms with E-state index in [1.54, 1.807) is 0 Å². The molecule has 0 aromatic heterocycles. The van der Waals surface area contributed by atoms with Crippen LogP contribution in [0, 0.1) is 5.92 Å². The summed E-state index contributed by atoms with van der Waals surface area (Å²) in [5.41, 5.74) is 8.00. The maximum atomic E-state index is 8.97. The predicted molar refractivity (Wildman–Crippen MR) is 76.1 cm³/mol. The Morgan fingerprint density at radius 1 is 1.56 bits per heavy atom. The van der Waals surface area contributed by atoms with Crippen LogP contribution in [0.15, 0.2) is 18.2 Å². The standard InChI is InChI=1S/C14H21ClN2O/c1-10(16)13-3-2-12(8-14(13)15)17-6-4-11(9-17)5-7-18/h2-3,8,10-11,18H,4-7,9,16H2,1H3. The van der Waals surface area contributed by atoms with Gasteiger partial charge in [-0.05, 0) is 43.4 Å². The Labute approximate surface area is 114 Å². The fourth-order valence-corrected chi connectivity index (χ4v) is 2.91. The maximum absolute atomic E-state index is 8.97. The summed E-state index contributed by atoms with van der Waals surface area (Å²) in [4.78, 5) is 2.33. The number of rotatable bonds is 4. The second kappa shape index (κ2) is 5.91. The Morgan fingerprint density at radius 2 is 2.33 bits per heavy atom. The van der Waals surface area contributed by atoms with E-state index in [2.05, 4.69) is 11.0 Å². The molecule has 2 unspecified atom stereocenters. The lowest BCUT2D eigenvalue weighted by Crippen LogP contribution is -2.20. The number of aliphatic hydroxyl groups is 1. The van der Waals surface area contributed by atoms with Crippen molar-refractivity contribution < 1.29 is 5.11 Å². The van der Waals surface area contributed by atoms with Crippen LogP contribution >= 0.6 is 11.6 Å². The van der Waals surface area contributed by atoms with Crippen LogP contribution < -0.4 is 10.6 Å². The summed E-state index contributed by atoms with van der Waals surface area (Å²) in [7, 11) is 0. The van der Waals surface area contributed by atoms with Crippen molar-refractivity contribution in [2.24, 2.45) is 11.7 Å². The van der Waals surface area contributed by atoms with Crippen molar-refractivity contribution in [1.82, 2.24) is 0 Å². The minimum atomic E-state index is -0.0349. The quantitative estimate of drug-likeness (QED) is 0.882. The fraction of sp³-hybridized carbons (Fsp3) is 0.571. The third kappa shape index (κ3) is 2.97. The summed E-state index contributed by atoms with van der Waals surface area (Å²) < 4.78 is 0. The van der Waals surface area contributed by atoms with Crippen molar-refractivity contribution in [3.8, 4) is 0 Å². The molecule has 0 bridgehead atoms. The molecule has 1 aliphatic rings. The minimum Gasteiger partial charge on any atom is -0.396 e. The van der Waals surface area contributed by atoms with Gasteiger partial charge in [0.1, 0.15) is 0 Å². The average molecular weight is 269 g/mol. The lowest BCUT2D eigenvalue weighted by atomic mass is 10.1. The number of nitrogens with two attached hydrogens (primary N) is 1. The molecule has 1 fully saturated rings. The van der Waals surface area contributed by atoms with Gasteiger partial charge in [0.15, 0.2) is 0 Å². The molecular weight excluding hydrogens is 248 g/mol. The smallest absolute Gasteiger partial charge is 0.0474 e. The first-order valence-electron chi connectivity index (χ1n) is 6.52. The van der Waals surface area contributed by atoms with Gasteiger partial charge in [0.25, 0.3) is 0 Å². The molecule has 100 valence electrons. The SMILES string of the molecule is CC(N)c1ccc(N2CCC(CCO)C2)cc1Cl. The van der Waals surface area contributed by atoms with Crippen molar-refractivity contribution in [2.75, 3.05) is 24.6 Å². The summed E-state index contributed by atoms with van der Waals surface area (Å²) in [6.45, 7) is 4.27. The van der Waals surface area contributed by atoms with Crippen molar-refractivity contribution in [1.29, 1.82) is 0 Å². The van der Waals surface area contributed by atoms with E-state index < -0.39 is 0 Å². The van der Waals surface area contributed by atoms with Crippen LogP contribution in [0.25, 0.3) is 0 Å².